The van der Waals surface area contributed by atoms with Crippen molar-refractivity contribution >= 4 is 17.8 Å². The Bertz CT molecular complexity index is 1250. The standard InChI is InChI=1S/C30H27NO4/c1-35-30(34)26-25-23(17-20-11-5-2-6-12-20)19-24(18-21-13-7-3-8-14-21)27(26)31(29(25)33)28(32)22-15-9-4-10-16-22/h2-16,19,23,25-27H,17-18H2,1H3/t23-,25-,26?,27+/m1/s1. The molecule has 2 aliphatic rings. The summed E-state index contributed by atoms with van der Waals surface area (Å²) in [5.74, 6) is -2.75. The highest BCUT2D eigenvalue weighted by Gasteiger charge is 2.59. The number of imide groups is 1. The molecule has 3 aromatic rings. The average molecular weight is 466 g/mol. The van der Waals surface area contributed by atoms with Gasteiger partial charge in [0.2, 0.25) is 5.91 Å². The van der Waals surface area contributed by atoms with Gasteiger partial charge < -0.3 is 4.74 Å². The van der Waals surface area contributed by atoms with Gasteiger partial charge >= 0.3 is 5.97 Å². The molecule has 5 nitrogen and oxygen atoms in total. The topological polar surface area (TPSA) is 63.7 Å². The Morgan fingerprint density at radius 2 is 1.40 bits per heavy atom. The lowest BCUT2D eigenvalue weighted by Crippen LogP contribution is -2.44. The minimum Gasteiger partial charge on any atom is -0.469 e. The van der Waals surface area contributed by atoms with Crippen molar-refractivity contribution in [3.8, 4) is 0 Å². The van der Waals surface area contributed by atoms with E-state index >= 15 is 0 Å². The van der Waals surface area contributed by atoms with Crippen LogP contribution in [0.15, 0.2) is 103 Å². The van der Waals surface area contributed by atoms with Gasteiger partial charge in [0.05, 0.1) is 25.0 Å². The fourth-order valence-corrected chi connectivity index (χ4v) is 5.56. The number of fused-ring (bicyclic) bond motifs is 2. The number of benzene rings is 3. The van der Waals surface area contributed by atoms with Crippen LogP contribution in [0, 0.1) is 17.8 Å². The van der Waals surface area contributed by atoms with Crippen LogP contribution in [0.4, 0.5) is 0 Å². The summed E-state index contributed by atoms with van der Waals surface area (Å²) in [7, 11) is 1.34. The second-order valence-electron chi connectivity index (χ2n) is 9.16. The SMILES string of the molecule is COC(=O)C1[C@@H]2C(=O)N(C(=O)c3ccccc3)[C@H]1C(Cc1ccccc1)=C[C@H]2Cc1ccccc1. The van der Waals surface area contributed by atoms with E-state index in [4.69, 9.17) is 4.74 Å². The molecule has 2 amide bonds. The first-order valence-corrected chi connectivity index (χ1v) is 11.9. The molecular formula is C30H27NO4. The van der Waals surface area contributed by atoms with Gasteiger partial charge in [0.15, 0.2) is 0 Å². The third-order valence-corrected chi connectivity index (χ3v) is 7.08. The lowest BCUT2D eigenvalue weighted by molar-refractivity contribution is -0.149. The highest BCUT2D eigenvalue weighted by atomic mass is 16.5. The summed E-state index contributed by atoms with van der Waals surface area (Å²) in [6, 6.07) is 28.0. The summed E-state index contributed by atoms with van der Waals surface area (Å²) in [5.41, 5.74) is 3.47. The van der Waals surface area contributed by atoms with Gasteiger partial charge in [0.25, 0.3) is 5.91 Å². The highest BCUT2D eigenvalue weighted by molar-refractivity contribution is 6.09. The summed E-state index contributed by atoms with van der Waals surface area (Å²) < 4.78 is 5.19. The molecule has 0 saturated carbocycles. The molecule has 1 aliphatic carbocycles. The molecule has 0 radical (unpaired) electrons. The number of hydrogen-bond donors (Lipinski definition) is 0. The number of hydrogen-bond acceptors (Lipinski definition) is 4. The molecule has 5 heteroatoms. The second kappa shape index (κ2) is 9.71. The first-order valence-electron chi connectivity index (χ1n) is 11.9. The second-order valence-corrected chi connectivity index (χ2v) is 9.16. The van der Waals surface area contributed by atoms with Gasteiger partial charge in [-0.05, 0) is 47.6 Å². The van der Waals surface area contributed by atoms with Gasteiger partial charge in [-0.3, -0.25) is 19.3 Å². The minimum atomic E-state index is -0.738. The molecule has 176 valence electrons. The average Bonchev–Trinajstić information content (AvgIpc) is 3.15. The number of allylic oxidation sites excluding steroid dienone is 1. The van der Waals surface area contributed by atoms with Crippen LogP contribution in [0.25, 0.3) is 0 Å². The van der Waals surface area contributed by atoms with Gasteiger partial charge in [-0.25, -0.2) is 0 Å². The number of nitrogens with zero attached hydrogens (tertiary/aromatic N) is 1. The van der Waals surface area contributed by atoms with Crippen LogP contribution >= 0.6 is 0 Å². The molecule has 1 heterocycles. The zero-order valence-electron chi connectivity index (χ0n) is 19.5. The summed E-state index contributed by atoms with van der Waals surface area (Å²) in [5, 5.41) is 0. The number of likely N-dealkylation sites (tertiary alicyclic amines) is 1. The Balaban J connectivity index is 1.61. The van der Waals surface area contributed by atoms with E-state index in [0.717, 1.165) is 16.7 Å². The van der Waals surface area contributed by atoms with Crippen LogP contribution in [0.2, 0.25) is 0 Å². The zero-order valence-corrected chi connectivity index (χ0v) is 19.5. The smallest absolute Gasteiger partial charge is 0.311 e. The fraction of sp³-hybridized carbons (Fsp3) is 0.233. The van der Waals surface area contributed by atoms with E-state index in [1.165, 1.54) is 12.0 Å². The number of carbonyl (C=O) groups is 3. The minimum absolute atomic E-state index is 0.225. The molecule has 5 rings (SSSR count). The zero-order chi connectivity index (χ0) is 24.4. The monoisotopic (exact) mass is 465 g/mol. The van der Waals surface area contributed by atoms with Crippen LogP contribution in [-0.4, -0.2) is 35.8 Å². The Morgan fingerprint density at radius 3 is 2.00 bits per heavy atom. The molecule has 3 aromatic carbocycles. The quantitative estimate of drug-likeness (QED) is 0.306. The number of esters is 1. The van der Waals surface area contributed by atoms with E-state index in [2.05, 4.69) is 6.08 Å². The Morgan fingerprint density at radius 1 is 0.829 bits per heavy atom. The van der Waals surface area contributed by atoms with Crippen molar-refractivity contribution in [3.63, 3.8) is 0 Å². The van der Waals surface area contributed by atoms with Crippen molar-refractivity contribution in [2.45, 2.75) is 18.9 Å². The molecular weight excluding hydrogens is 438 g/mol. The van der Waals surface area contributed by atoms with Gasteiger partial charge in [0, 0.05) is 5.56 Å². The number of ether oxygens (including phenoxy) is 1. The maximum atomic E-state index is 13.9. The number of carbonyl (C=O) groups excluding carboxylic acids is 3. The van der Waals surface area contributed by atoms with Crippen molar-refractivity contribution in [1.29, 1.82) is 0 Å². The predicted octanol–water partition coefficient (Wildman–Crippen LogP) is 4.48. The van der Waals surface area contributed by atoms with Crippen molar-refractivity contribution in [3.05, 3.63) is 119 Å². The number of amides is 2. The van der Waals surface area contributed by atoms with Gasteiger partial charge in [-0.1, -0.05) is 84.9 Å². The van der Waals surface area contributed by atoms with Gasteiger partial charge in [-0.2, -0.15) is 0 Å². The van der Waals surface area contributed by atoms with Crippen molar-refractivity contribution < 1.29 is 19.1 Å². The Labute approximate surface area is 205 Å². The van der Waals surface area contributed by atoms with Crippen LogP contribution in [-0.2, 0) is 27.2 Å². The molecule has 4 atom stereocenters. The van der Waals surface area contributed by atoms with Crippen LogP contribution < -0.4 is 0 Å². The maximum Gasteiger partial charge on any atom is 0.311 e. The summed E-state index contributed by atoms with van der Waals surface area (Å²) in [6.07, 6.45) is 3.27. The Kier molecular flexibility index (Phi) is 6.32. The van der Waals surface area contributed by atoms with Crippen molar-refractivity contribution in [2.24, 2.45) is 17.8 Å². The third-order valence-electron chi connectivity index (χ3n) is 7.08. The van der Waals surface area contributed by atoms with E-state index < -0.39 is 23.8 Å². The molecule has 1 aliphatic heterocycles. The maximum absolute atomic E-state index is 13.9. The van der Waals surface area contributed by atoms with Crippen LogP contribution in [0.3, 0.4) is 0 Å². The molecule has 35 heavy (non-hydrogen) atoms. The third kappa shape index (κ3) is 4.30. The first-order chi connectivity index (χ1) is 17.1. The fourth-order valence-electron chi connectivity index (χ4n) is 5.56. The lowest BCUT2D eigenvalue weighted by atomic mass is 9.70. The number of rotatable bonds is 6. The largest absolute Gasteiger partial charge is 0.469 e. The molecule has 0 N–H and O–H groups in total. The summed E-state index contributed by atoms with van der Waals surface area (Å²) in [6.45, 7) is 0. The van der Waals surface area contributed by atoms with Crippen molar-refractivity contribution in [1.82, 2.24) is 4.90 Å². The predicted molar refractivity (Wildman–Crippen MR) is 132 cm³/mol. The van der Waals surface area contributed by atoms with Crippen LogP contribution in [0.5, 0.6) is 0 Å². The summed E-state index contributed by atoms with van der Waals surface area (Å²) >= 11 is 0. The molecule has 1 unspecified atom stereocenters. The first kappa shape index (κ1) is 22.8. The van der Waals surface area contributed by atoms with E-state index in [1.54, 1.807) is 24.3 Å². The van der Waals surface area contributed by atoms with Crippen molar-refractivity contribution in [2.75, 3.05) is 7.11 Å². The molecule has 1 saturated heterocycles. The van der Waals surface area contributed by atoms with Crippen LogP contribution in [0.1, 0.15) is 21.5 Å². The molecule has 1 fully saturated rings. The normalized spacial score (nSPS) is 23.1. The molecule has 0 spiro atoms. The summed E-state index contributed by atoms with van der Waals surface area (Å²) in [4.78, 5) is 42.0. The van der Waals surface area contributed by atoms with Gasteiger partial charge in [0.1, 0.15) is 0 Å². The molecule has 2 bridgehead atoms. The van der Waals surface area contributed by atoms with Gasteiger partial charge in [-0.15, -0.1) is 0 Å². The van der Waals surface area contributed by atoms with E-state index in [1.807, 2.05) is 66.7 Å². The molecule has 0 aromatic heterocycles. The lowest BCUT2D eigenvalue weighted by Gasteiger charge is -2.33. The Hall–Kier alpha value is -3.99. The van der Waals surface area contributed by atoms with E-state index in [0.29, 0.717) is 18.4 Å². The van der Waals surface area contributed by atoms with E-state index in [9.17, 15) is 14.4 Å². The highest BCUT2D eigenvalue weighted by Crippen LogP contribution is 2.47. The van der Waals surface area contributed by atoms with E-state index in [-0.39, 0.29) is 17.7 Å². The number of methoxy groups -OCH3 is 1.